The van der Waals surface area contributed by atoms with E-state index in [1.165, 1.54) is 0 Å². The molecule has 1 amide bonds. The second-order valence-electron chi connectivity index (χ2n) is 6.21. The van der Waals surface area contributed by atoms with Crippen molar-refractivity contribution in [3.05, 3.63) is 78.4 Å². The molecule has 4 nitrogen and oxygen atoms in total. The molecule has 0 aliphatic carbocycles. The zero-order valence-electron chi connectivity index (χ0n) is 15.6. The summed E-state index contributed by atoms with van der Waals surface area (Å²) < 4.78 is 11.2. The molecule has 0 atom stereocenters. The highest BCUT2D eigenvalue weighted by Crippen LogP contribution is 2.29. The molecule has 0 heterocycles. The van der Waals surface area contributed by atoms with Crippen molar-refractivity contribution in [1.82, 2.24) is 0 Å². The molecule has 3 rings (SSSR count). The number of carbonyl (C=O) groups is 1. The van der Waals surface area contributed by atoms with Gasteiger partial charge < -0.3 is 14.8 Å². The van der Waals surface area contributed by atoms with Gasteiger partial charge in [0.05, 0.1) is 25.8 Å². The summed E-state index contributed by atoms with van der Waals surface area (Å²) in [6, 6.07) is 23.6. The lowest BCUT2D eigenvalue weighted by Crippen LogP contribution is -2.16. The molecule has 138 valence electrons. The van der Waals surface area contributed by atoms with Crippen LogP contribution in [0.15, 0.2) is 72.8 Å². The number of hydrogen-bond donors (Lipinski definition) is 1. The average Bonchev–Trinajstić information content (AvgIpc) is 2.69. The molecule has 0 aliphatic rings. The molecule has 0 saturated heterocycles. The Labute approximate surface area is 159 Å². The summed E-state index contributed by atoms with van der Waals surface area (Å²) in [5.41, 5.74) is 3.83. The Hall–Kier alpha value is -3.27. The third-order valence-electron chi connectivity index (χ3n) is 4.19. The van der Waals surface area contributed by atoms with Crippen molar-refractivity contribution in [2.24, 2.45) is 0 Å². The molecule has 4 heteroatoms. The molecule has 27 heavy (non-hydrogen) atoms. The van der Waals surface area contributed by atoms with Crippen LogP contribution >= 0.6 is 0 Å². The Kier molecular flexibility index (Phi) is 6.10. The fourth-order valence-corrected chi connectivity index (χ4v) is 2.83. The number of hydrogen-bond acceptors (Lipinski definition) is 3. The molecule has 3 aromatic rings. The van der Waals surface area contributed by atoms with Crippen LogP contribution in [-0.2, 0) is 4.79 Å². The largest absolute Gasteiger partial charge is 0.495 e. The van der Waals surface area contributed by atoms with E-state index in [9.17, 15) is 4.79 Å². The van der Waals surface area contributed by atoms with E-state index in [1.807, 2.05) is 79.7 Å². The number of nitrogens with one attached hydrogen (secondary N) is 1. The number of benzene rings is 3. The minimum atomic E-state index is -0.115. The zero-order valence-corrected chi connectivity index (χ0v) is 15.6. The Balaban J connectivity index is 1.61. The molecule has 0 saturated carbocycles. The molecule has 3 aromatic carbocycles. The molecular formula is C23H23NO3. The van der Waals surface area contributed by atoms with Gasteiger partial charge in [-0.15, -0.1) is 0 Å². The van der Waals surface area contributed by atoms with Crippen LogP contribution in [0.4, 0.5) is 5.69 Å². The van der Waals surface area contributed by atoms with Crippen molar-refractivity contribution in [2.45, 2.75) is 13.3 Å². The summed E-state index contributed by atoms with van der Waals surface area (Å²) in [6.45, 7) is 2.27. The van der Waals surface area contributed by atoms with Gasteiger partial charge in [0.2, 0.25) is 5.91 Å². The van der Waals surface area contributed by atoms with Crippen molar-refractivity contribution in [1.29, 1.82) is 0 Å². The first kappa shape index (κ1) is 18.5. The number of carbonyl (C=O) groups excluding carboxylic acids is 1. The normalized spacial score (nSPS) is 10.3. The van der Waals surface area contributed by atoms with E-state index in [4.69, 9.17) is 9.47 Å². The van der Waals surface area contributed by atoms with Crippen molar-refractivity contribution in [3.63, 3.8) is 0 Å². The molecule has 0 aromatic heterocycles. The summed E-state index contributed by atoms with van der Waals surface area (Å²) in [6.07, 6.45) is 0.250. The van der Waals surface area contributed by atoms with Crippen LogP contribution in [0.5, 0.6) is 11.5 Å². The van der Waals surface area contributed by atoms with E-state index in [0.29, 0.717) is 18.0 Å². The van der Waals surface area contributed by atoms with Gasteiger partial charge in [0.1, 0.15) is 11.5 Å². The minimum Gasteiger partial charge on any atom is -0.495 e. The molecule has 0 spiro atoms. The molecule has 0 bridgehead atoms. The van der Waals surface area contributed by atoms with Gasteiger partial charge in [-0.25, -0.2) is 0 Å². The lowest BCUT2D eigenvalue weighted by atomic mass is 10.1. The summed E-state index contributed by atoms with van der Waals surface area (Å²) in [5.74, 6) is 1.30. The van der Waals surface area contributed by atoms with E-state index >= 15 is 0 Å². The molecule has 0 aliphatic heterocycles. The highest BCUT2D eigenvalue weighted by Gasteiger charge is 2.10. The van der Waals surface area contributed by atoms with Crippen LogP contribution in [0.3, 0.4) is 0 Å². The smallest absolute Gasteiger partial charge is 0.227 e. The molecular weight excluding hydrogens is 338 g/mol. The fraction of sp³-hybridized carbons (Fsp3) is 0.174. The third-order valence-corrected chi connectivity index (χ3v) is 4.19. The number of methoxy groups -OCH3 is 1. The first-order valence-electron chi connectivity index (χ1n) is 8.89. The van der Waals surface area contributed by atoms with Crippen LogP contribution < -0.4 is 14.8 Å². The second kappa shape index (κ2) is 8.90. The highest BCUT2D eigenvalue weighted by molar-refractivity contribution is 5.92. The summed E-state index contributed by atoms with van der Waals surface area (Å²) in [7, 11) is 1.59. The Morgan fingerprint density at radius 2 is 1.67 bits per heavy atom. The maximum Gasteiger partial charge on any atom is 0.227 e. The molecule has 0 unspecified atom stereocenters. The van der Waals surface area contributed by atoms with Gasteiger partial charge in [-0.1, -0.05) is 54.6 Å². The minimum absolute atomic E-state index is 0.115. The van der Waals surface area contributed by atoms with Gasteiger partial charge >= 0.3 is 0 Å². The number of anilines is 1. The molecule has 0 radical (unpaired) electrons. The van der Waals surface area contributed by atoms with Crippen molar-refractivity contribution in [3.8, 4) is 22.6 Å². The number of amides is 1. The number of rotatable bonds is 7. The lowest BCUT2D eigenvalue weighted by Gasteiger charge is -2.13. The third kappa shape index (κ3) is 4.88. The van der Waals surface area contributed by atoms with E-state index in [0.717, 1.165) is 22.4 Å². The van der Waals surface area contributed by atoms with Gasteiger partial charge in [0.15, 0.2) is 0 Å². The van der Waals surface area contributed by atoms with Crippen molar-refractivity contribution >= 4 is 11.6 Å². The Bertz CT molecular complexity index is 907. The predicted molar refractivity (Wildman–Crippen MR) is 108 cm³/mol. The first-order chi connectivity index (χ1) is 13.2. The maximum atomic E-state index is 12.3. The zero-order chi connectivity index (χ0) is 19.1. The number of aryl methyl sites for hydroxylation is 1. The standard InChI is InChI=1S/C23H23NO3/c1-17-12-13-22(26-2)20(16-17)24-23(25)14-15-27-21-11-7-6-10-19(21)18-8-4-3-5-9-18/h3-13,16H,14-15H2,1-2H3,(H,24,25). The molecule has 0 fully saturated rings. The van der Waals surface area contributed by atoms with E-state index < -0.39 is 0 Å². The fourth-order valence-electron chi connectivity index (χ4n) is 2.83. The van der Waals surface area contributed by atoms with Crippen molar-refractivity contribution < 1.29 is 14.3 Å². The van der Waals surface area contributed by atoms with Gasteiger partial charge in [-0.2, -0.15) is 0 Å². The quantitative estimate of drug-likeness (QED) is 0.638. The predicted octanol–water partition coefficient (Wildman–Crippen LogP) is 5.08. The lowest BCUT2D eigenvalue weighted by molar-refractivity contribution is -0.116. The Morgan fingerprint density at radius 3 is 2.44 bits per heavy atom. The van der Waals surface area contributed by atoms with Crippen LogP contribution in [0.2, 0.25) is 0 Å². The number of para-hydroxylation sites is 1. The summed E-state index contributed by atoms with van der Waals surface area (Å²) >= 11 is 0. The monoisotopic (exact) mass is 361 g/mol. The maximum absolute atomic E-state index is 12.3. The van der Waals surface area contributed by atoms with Crippen LogP contribution in [-0.4, -0.2) is 19.6 Å². The second-order valence-corrected chi connectivity index (χ2v) is 6.21. The van der Waals surface area contributed by atoms with Gasteiger partial charge in [0.25, 0.3) is 0 Å². The van der Waals surface area contributed by atoms with Crippen molar-refractivity contribution in [2.75, 3.05) is 19.0 Å². The van der Waals surface area contributed by atoms with Gasteiger partial charge in [-0.3, -0.25) is 4.79 Å². The topological polar surface area (TPSA) is 47.6 Å². The highest BCUT2D eigenvalue weighted by atomic mass is 16.5. The average molecular weight is 361 g/mol. The number of ether oxygens (including phenoxy) is 2. The van der Waals surface area contributed by atoms with Crippen LogP contribution in [0.25, 0.3) is 11.1 Å². The summed E-state index contributed by atoms with van der Waals surface area (Å²) in [4.78, 5) is 12.3. The van der Waals surface area contributed by atoms with E-state index in [2.05, 4.69) is 5.32 Å². The summed E-state index contributed by atoms with van der Waals surface area (Å²) in [5, 5.41) is 2.89. The van der Waals surface area contributed by atoms with E-state index in [1.54, 1.807) is 7.11 Å². The van der Waals surface area contributed by atoms with E-state index in [-0.39, 0.29) is 12.3 Å². The molecule has 1 N–H and O–H groups in total. The first-order valence-corrected chi connectivity index (χ1v) is 8.89. The Morgan fingerprint density at radius 1 is 0.926 bits per heavy atom. The SMILES string of the molecule is COc1ccc(C)cc1NC(=O)CCOc1ccccc1-c1ccccc1. The van der Waals surface area contributed by atoms with Gasteiger partial charge in [-0.05, 0) is 36.2 Å². The van der Waals surface area contributed by atoms with Crippen LogP contribution in [0, 0.1) is 6.92 Å². The van der Waals surface area contributed by atoms with Crippen LogP contribution in [0.1, 0.15) is 12.0 Å². The van der Waals surface area contributed by atoms with Gasteiger partial charge in [0, 0.05) is 5.56 Å².